The molecule has 3 heteroatoms. The third kappa shape index (κ3) is 1.64. The number of piperidine rings is 1. The second-order valence-corrected chi connectivity index (χ2v) is 2.34. The van der Waals surface area contributed by atoms with Gasteiger partial charge in [0.1, 0.15) is 18.9 Å². The highest BCUT2D eigenvalue weighted by atomic mass is 16.5. The highest BCUT2D eigenvalue weighted by Gasteiger charge is 2.25. The molecule has 0 aliphatic carbocycles. The van der Waals surface area contributed by atoms with Crippen LogP contribution in [0.25, 0.3) is 0 Å². The monoisotopic (exact) mass is 142 g/mol. The topological polar surface area (TPSA) is 38.3 Å². The van der Waals surface area contributed by atoms with Crippen LogP contribution in [0.3, 0.4) is 0 Å². The molecule has 0 unspecified atom stereocenters. The van der Waals surface area contributed by atoms with E-state index in [0.717, 1.165) is 19.4 Å². The number of carbonyl (C=O) groups is 1. The maximum absolute atomic E-state index is 10.9. The first-order chi connectivity index (χ1) is 4.84. The smallest absolute Gasteiger partial charge is 0.327 e. The van der Waals surface area contributed by atoms with Gasteiger partial charge in [-0.2, -0.15) is 0 Å². The summed E-state index contributed by atoms with van der Waals surface area (Å²) in [6.07, 6.45) is 3.96. The lowest BCUT2D eigenvalue weighted by atomic mass is 10.1. The van der Waals surface area contributed by atoms with E-state index in [1.807, 2.05) is 0 Å². The molecule has 1 heterocycles. The molecule has 56 valence electrons. The Morgan fingerprint density at radius 1 is 1.80 bits per heavy atom. The second kappa shape index (κ2) is 3.46. The summed E-state index contributed by atoms with van der Waals surface area (Å²) >= 11 is 0. The first-order valence-electron chi connectivity index (χ1n) is 3.47. The molecule has 1 saturated heterocycles. The van der Waals surface area contributed by atoms with Crippen molar-refractivity contribution in [3.8, 4) is 0 Å². The van der Waals surface area contributed by atoms with Crippen LogP contribution in [0.2, 0.25) is 0 Å². The Hall–Kier alpha value is -0.700. The van der Waals surface area contributed by atoms with Crippen LogP contribution in [0, 0.1) is 6.42 Å². The Morgan fingerprint density at radius 2 is 2.60 bits per heavy atom. The van der Waals surface area contributed by atoms with Gasteiger partial charge in [-0.05, 0) is 0 Å². The van der Waals surface area contributed by atoms with E-state index < -0.39 is 0 Å². The van der Waals surface area contributed by atoms with Gasteiger partial charge in [0.15, 0.2) is 0 Å². The van der Waals surface area contributed by atoms with E-state index in [0.29, 0.717) is 0 Å². The van der Waals surface area contributed by atoms with Crippen LogP contribution in [-0.4, -0.2) is 25.7 Å². The van der Waals surface area contributed by atoms with Gasteiger partial charge in [0, 0.05) is 6.54 Å². The lowest BCUT2D eigenvalue weighted by Crippen LogP contribution is -2.41. The molecule has 0 aromatic heterocycles. The number of methoxy groups -OCH3 is 1. The first kappa shape index (κ1) is 7.41. The molecular weight excluding hydrogens is 130 g/mol. The zero-order valence-corrected chi connectivity index (χ0v) is 6.09. The van der Waals surface area contributed by atoms with Crippen molar-refractivity contribution in [1.82, 2.24) is 5.32 Å². The fourth-order valence-corrected chi connectivity index (χ4v) is 1.05. The average Bonchev–Trinajstić information content (AvgIpc) is 2.05. The Kier molecular flexibility index (Phi) is 2.57. The molecular formula is C7H12NO2+. The summed E-state index contributed by atoms with van der Waals surface area (Å²) in [5.74, 6) is -0.157. The maximum atomic E-state index is 10.9. The molecule has 0 aromatic rings. The summed E-state index contributed by atoms with van der Waals surface area (Å²) in [6.45, 7) is 0.889. The zero-order valence-electron chi connectivity index (χ0n) is 6.09. The van der Waals surface area contributed by atoms with Crippen molar-refractivity contribution in [2.24, 2.45) is 0 Å². The van der Waals surface area contributed by atoms with Gasteiger partial charge in [-0.25, -0.2) is 0 Å². The van der Waals surface area contributed by atoms with Crippen molar-refractivity contribution in [2.75, 3.05) is 13.7 Å². The van der Waals surface area contributed by atoms with Gasteiger partial charge < -0.3 is 4.74 Å². The predicted molar refractivity (Wildman–Crippen MR) is 37.3 cm³/mol. The minimum Gasteiger partial charge on any atom is -0.468 e. The van der Waals surface area contributed by atoms with Gasteiger partial charge in [0.05, 0.1) is 13.5 Å². The number of carbonyl (C=O) groups excluding carboxylic acids is 1. The quantitative estimate of drug-likeness (QED) is 0.417. The largest absolute Gasteiger partial charge is 0.468 e. The molecule has 1 aliphatic rings. The van der Waals surface area contributed by atoms with E-state index in [1.165, 1.54) is 7.11 Å². The third-order valence-electron chi connectivity index (χ3n) is 1.63. The van der Waals surface area contributed by atoms with Crippen molar-refractivity contribution in [3.05, 3.63) is 6.42 Å². The number of hydrogen-bond donors (Lipinski definition) is 1. The predicted octanol–water partition coefficient (Wildman–Crippen LogP) is 0.116. The van der Waals surface area contributed by atoms with Crippen molar-refractivity contribution in [1.29, 1.82) is 0 Å². The van der Waals surface area contributed by atoms with Crippen LogP contribution in [0.15, 0.2) is 0 Å². The highest BCUT2D eigenvalue weighted by molar-refractivity contribution is 5.75. The van der Waals surface area contributed by atoms with Crippen molar-refractivity contribution >= 4 is 5.97 Å². The summed E-state index contributed by atoms with van der Waals surface area (Å²) in [7, 11) is 1.42. The maximum Gasteiger partial charge on any atom is 0.327 e. The molecule has 0 bridgehead atoms. The molecule has 0 saturated carbocycles. The second-order valence-electron chi connectivity index (χ2n) is 2.34. The van der Waals surface area contributed by atoms with Gasteiger partial charge in [-0.3, -0.25) is 10.1 Å². The van der Waals surface area contributed by atoms with Gasteiger partial charge in [0.2, 0.25) is 0 Å². The van der Waals surface area contributed by atoms with E-state index in [1.54, 1.807) is 0 Å². The highest BCUT2D eigenvalue weighted by Crippen LogP contribution is 2.06. The molecule has 0 radical (unpaired) electrons. The molecule has 1 fully saturated rings. The van der Waals surface area contributed by atoms with Gasteiger partial charge >= 0.3 is 5.97 Å². The summed E-state index contributed by atoms with van der Waals surface area (Å²) in [4.78, 5) is 10.9. The molecule has 1 N–H and O–H groups in total. The molecule has 0 amide bonds. The minimum absolute atomic E-state index is 0.0984. The lowest BCUT2D eigenvalue weighted by molar-refractivity contribution is -0.143. The molecule has 3 nitrogen and oxygen atoms in total. The first-order valence-corrected chi connectivity index (χ1v) is 3.47. The zero-order chi connectivity index (χ0) is 7.40. The standard InChI is InChI=1S/C7H12NO2/c1-10-7(9)6-4-2-3-5-8-6/h2,6,8H,3-5H2,1H3/q+1/t6-/m0/s1. The van der Waals surface area contributed by atoms with Gasteiger partial charge in [-0.15, -0.1) is 0 Å². The minimum atomic E-state index is -0.157. The number of esters is 1. The summed E-state index contributed by atoms with van der Waals surface area (Å²) < 4.78 is 4.57. The molecule has 10 heavy (non-hydrogen) atoms. The summed E-state index contributed by atoms with van der Waals surface area (Å²) in [5, 5.41) is 3.06. The van der Waals surface area contributed by atoms with E-state index in [2.05, 4.69) is 16.5 Å². The molecule has 1 atom stereocenters. The van der Waals surface area contributed by atoms with E-state index >= 15 is 0 Å². The Labute approximate surface area is 60.7 Å². The Bertz CT molecular complexity index is 119. The van der Waals surface area contributed by atoms with Crippen molar-refractivity contribution in [3.63, 3.8) is 0 Å². The Balaban J connectivity index is 2.31. The van der Waals surface area contributed by atoms with Crippen LogP contribution in [-0.2, 0) is 9.53 Å². The fraction of sp³-hybridized carbons (Fsp3) is 0.714. The van der Waals surface area contributed by atoms with E-state index in [4.69, 9.17) is 0 Å². The molecule has 1 rings (SSSR count). The van der Waals surface area contributed by atoms with Crippen LogP contribution in [0.4, 0.5) is 0 Å². The van der Waals surface area contributed by atoms with Crippen LogP contribution in [0.1, 0.15) is 12.8 Å². The van der Waals surface area contributed by atoms with Crippen molar-refractivity contribution < 1.29 is 9.53 Å². The third-order valence-corrected chi connectivity index (χ3v) is 1.63. The fourth-order valence-electron chi connectivity index (χ4n) is 1.05. The molecule has 0 spiro atoms. The molecule has 0 aromatic carbocycles. The van der Waals surface area contributed by atoms with E-state index in [9.17, 15) is 4.79 Å². The average molecular weight is 142 g/mol. The summed E-state index contributed by atoms with van der Waals surface area (Å²) in [5.41, 5.74) is 0. The number of hydrogen-bond acceptors (Lipinski definition) is 3. The summed E-state index contributed by atoms with van der Waals surface area (Å²) in [6, 6.07) is -0.0984. The van der Waals surface area contributed by atoms with Crippen LogP contribution < -0.4 is 5.32 Å². The van der Waals surface area contributed by atoms with E-state index in [-0.39, 0.29) is 12.0 Å². The van der Waals surface area contributed by atoms with Gasteiger partial charge in [-0.1, -0.05) is 0 Å². The van der Waals surface area contributed by atoms with Crippen LogP contribution >= 0.6 is 0 Å². The SMILES string of the molecule is COC(=O)[C@@H]1C[CH+]CCN1. The number of nitrogens with one attached hydrogen (secondary N) is 1. The lowest BCUT2D eigenvalue weighted by Gasteiger charge is -2.15. The van der Waals surface area contributed by atoms with Crippen LogP contribution in [0.5, 0.6) is 0 Å². The van der Waals surface area contributed by atoms with Gasteiger partial charge in [0.25, 0.3) is 0 Å². The van der Waals surface area contributed by atoms with Crippen molar-refractivity contribution in [2.45, 2.75) is 18.9 Å². The molecule has 1 aliphatic heterocycles. The Morgan fingerprint density at radius 3 is 3.10 bits per heavy atom. The number of ether oxygens (including phenoxy) is 1. The number of rotatable bonds is 1. The normalized spacial score (nSPS) is 25.1.